The first-order valence-corrected chi connectivity index (χ1v) is 8.63. The SMILES string of the molecule is O=C1COc2cc(C(=O)NCC3CCCc4ccccc43)ccc2N1. The maximum atomic E-state index is 12.5. The fourth-order valence-electron chi connectivity index (χ4n) is 3.60. The quantitative estimate of drug-likeness (QED) is 0.906. The van der Waals surface area contributed by atoms with Gasteiger partial charge in [-0.2, -0.15) is 0 Å². The lowest BCUT2D eigenvalue weighted by molar-refractivity contribution is -0.118. The monoisotopic (exact) mass is 336 g/mol. The van der Waals surface area contributed by atoms with E-state index in [1.165, 1.54) is 11.1 Å². The van der Waals surface area contributed by atoms with Crippen LogP contribution in [0.2, 0.25) is 0 Å². The van der Waals surface area contributed by atoms with Crippen LogP contribution in [0.15, 0.2) is 42.5 Å². The third kappa shape index (κ3) is 3.22. The molecule has 1 heterocycles. The lowest BCUT2D eigenvalue weighted by Crippen LogP contribution is -2.30. The van der Waals surface area contributed by atoms with E-state index >= 15 is 0 Å². The van der Waals surface area contributed by atoms with Gasteiger partial charge >= 0.3 is 0 Å². The summed E-state index contributed by atoms with van der Waals surface area (Å²) in [7, 11) is 0. The Labute approximate surface area is 146 Å². The molecule has 128 valence electrons. The second-order valence-electron chi connectivity index (χ2n) is 6.55. The van der Waals surface area contributed by atoms with Crippen LogP contribution in [0, 0.1) is 0 Å². The molecule has 0 saturated heterocycles. The van der Waals surface area contributed by atoms with Crippen LogP contribution in [0.4, 0.5) is 5.69 Å². The molecule has 0 bridgehead atoms. The predicted molar refractivity (Wildman–Crippen MR) is 95.0 cm³/mol. The highest BCUT2D eigenvalue weighted by molar-refractivity contribution is 5.99. The molecule has 0 saturated carbocycles. The topological polar surface area (TPSA) is 67.4 Å². The number of aryl methyl sites for hydroxylation is 1. The van der Waals surface area contributed by atoms with E-state index in [9.17, 15) is 9.59 Å². The lowest BCUT2D eigenvalue weighted by atomic mass is 9.83. The third-order valence-corrected chi connectivity index (χ3v) is 4.88. The molecule has 1 unspecified atom stereocenters. The molecule has 0 aromatic heterocycles. The Kier molecular flexibility index (Phi) is 4.14. The minimum atomic E-state index is -0.180. The van der Waals surface area contributed by atoms with Gasteiger partial charge in [-0.1, -0.05) is 24.3 Å². The average molecular weight is 336 g/mol. The minimum absolute atomic E-state index is 0.0169. The van der Waals surface area contributed by atoms with Crippen LogP contribution in [-0.4, -0.2) is 25.0 Å². The lowest BCUT2D eigenvalue weighted by Gasteiger charge is -2.25. The zero-order chi connectivity index (χ0) is 17.2. The zero-order valence-corrected chi connectivity index (χ0v) is 13.9. The maximum absolute atomic E-state index is 12.5. The second kappa shape index (κ2) is 6.59. The van der Waals surface area contributed by atoms with Crippen molar-refractivity contribution in [1.29, 1.82) is 0 Å². The summed E-state index contributed by atoms with van der Waals surface area (Å²) in [4.78, 5) is 23.8. The van der Waals surface area contributed by atoms with E-state index < -0.39 is 0 Å². The largest absolute Gasteiger partial charge is 0.482 e. The number of fused-ring (bicyclic) bond motifs is 2. The number of carbonyl (C=O) groups is 2. The molecule has 1 aliphatic heterocycles. The van der Waals surface area contributed by atoms with Gasteiger partial charge in [-0.05, 0) is 48.6 Å². The average Bonchev–Trinajstić information content (AvgIpc) is 2.65. The van der Waals surface area contributed by atoms with Crippen molar-refractivity contribution in [1.82, 2.24) is 5.32 Å². The molecule has 25 heavy (non-hydrogen) atoms. The molecule has 2 aromatic carbocycles. The van der Waals surface area contributed by atoms with Crippen LogP contribution >= 0.6 is 0 Å². The Morgan fingerprint density at radius 3 is 3.04 bits per heavy atom. The molecule has 0 radical (unpaired) electrons. The summed E-state index contributed by atoms with van der Waals surface area (Å²) in [5.41, 5.74) is 3.89. The molecule has 4 rings (SSSR count). The zero-order valence-electron chi connectivity index (χ0n) is 13.9. The molecular formula is C20H20N2O3. The summed E-state index contributed by atoms with van der Waals surface area (Å²) in [6.45, 7) is 0.613. The van der Waals surface area contributed by atoms with Crippen LogP contribution in [0.3, 0.4) is 0 Å². The molecule has 5 nitrogen and oxygen atoms in total. The number of anilines is 1. The summed E-state index contributed by atoms with van der Waals surface area (Å²) < 4.78 is 5.38. The summed E-state index contributed by atoms with van der Waals surface area (Å²) >= 11 is 0. The number of rotatable bonds is 3. The fraction of sp³-hybridized carbons (Fsp3) is 0.300. The van der Waals surface area contributed by atoms with Crippen LogP contribution in [0.5, 0.6) is 5.75 Å². The summed E-state index contributed by atoms with van der Waals surface area (Å²) in [5, 5.41) is 5.77. The van der Waals surface area contributed by atoms with Gasteiger partial charge in [0.05, 0.1) is 5.69 Å². The van der Waals surface area contributed by atoms with Gasteiger partial charge in [0.2, 0.25) is 0 Å². The molecule has 2 aromatic rings. The molecule has 2 N–H and O–H groups in total. The smallest absolute Gasteiger partial charge is 0.262 e. The van der Waals surface area contributed by atoms with Gasteiger partial charge in [-0.25, -0.2) is 0 Å². The van der Waals surface area contributed by atoms with E-state index in [1.54, 1.807) is 18.2 Å². The molecule has 1 atom stereocenters. The number of ether oxygens (including phenoxy) is 1. The molecule has 2 aliphatic rings. The summed E-state index contributed by atoms with van der Waals surface area (Å²) in [5.74, 6) is 0.601. The number of hydrogen-bond donors (Lipinski definition) is 2. The van der Waals surface area contributed by atoms with Gasteiger partial charge in [-0.15, -0.1) is 0 Å². The first-order valence-electron chi connectivity index (χ1n) is 8.63. The van der Waals surface area contributed by atoms with Crippen molar-refractivity contribution in [2.24, 2.45) is 0 Å². The van der Waals surface area contributed by atoms with E-state index in [0.29, 0.717) is 29.5 Å². The van der Waals surface area contributed by atoms with Crippen molar-refractivity contribution in [3.63, 3.8) is 0 Å². The van der Waals surface area contributed by atoms with Crippen molar-refractivity contribution in [3.05, 3.63) is 59.2 Å². The standard InChI is InChI=1S/C20H20N2O3/c23-19-12-25-18-10-14(8-9-17(18)22-19)20(24)21-11-15-6-3-5-13-4-1-2-7-16(13)15/h1-2,4,7-10,15H,3,5-6,11-12H2,(H,21,24)(H,22,23). The number of benzene rings is 2. The minimum Gasteiger partial charge on any atom is -0.482 e. The van der Waals surface area contributed by atoms with Crippen molar-refractivity contribution in [2.45, 2.75) is 25.2 Å². The number of carbonyl (C=O) groups excluding carboxylic acids is 2. The predicted octanol–water partition coefficient (Wildman–Crippen LogP) is 2.87. The van der Waals surface area contributed by atoms with Crippen LogP contribution in [0.1, 0.15) is 40.2 Å². The van der Waals surface area contributed by atoms with E-state index in [-0.39, 0.29) is 18.4 Å². The Bertz CT molecular complexity index is 831. The first kappa shape index (κ1) is 15.7. The normalized spacial score (nSPS) is 18.4. The number of hydrogen-bond acceptors (Lipinski definition) is 3. The van der Waals surface area contributed by atoms with Gasteiger partial charge in [0.25, 0.3) is 11.8 Å². The molecule has 0 fully saturated rings. The van der Waals surface area contributed by atoms with E-state index in [2.05, 4.69) is 34.9 Å². The summed E-state index contributed by atoms with van der Waals surface area (Å²) in [6.07, 6.45) is 3.37. The Balaban J connectivity index is 1.44. The van der Waals surface area contributed by atoms with Gasteiger partial charge in [0, 0.05) is 18.0 Å². The summed E-state index contributed by atoms with van der Waals surface area (Å²) in [6, 6.07) is 13.6. The van der Waals surface area contributed by atoms with E-state index in [0.717, 1.165) is 19.3 Å². The van der Waals surface area contributed by atoms with Crippen molar-refractivity contribution < 1.29 is 14.3 Å². The number of nitrogens with one attached hydrogen (secondary N) is 2. The Hall–Kier alpha value is -2.82. The van der Waals surface area contributed by atoms with E-state index in [4.69, 9.17) is 4.74 Å². The molecule has 1 aliphatic carbocycles. The van der Waals surface area contributed by atoms with Crippen LogP contribution < -0.4 is 15.4 Å². The third-order valence-electron chi connectivity index (χ3n) is 4.88. The Morgan fingerprint density at radius 1 is 1.24 bits per heavy atom. The second-order valence-corrected chi connectivity index (χ2v) is 6.55. The van der Waals surface area contributed by atoms with Crippen LogP contribution in [0.25, 0.3) is 0 Å². The fourth-order valence-corrected chi connectivity index (χ4v) is 3.60. The van der Waals surface area contributed by atoms with Gasteiger partial charge < -0.3 is 15.4 Å². The maximum Gasteiger partial charge on any atom is 0.262 e. The van der Waals surface area contributed by atoms with Gasteiger partial charge in [-0.3, -0.25) is 9.59 Å². The molecular weight excluding hydrogens is 316 g/mol. The molecule has 0 spiro atoms. The van der Waals surface area contributed by atoms with Crippen molar-refractivity contribution in [2.75, 3.05) is 18.5 Å². The van der Waals surface area contributed by atoms with Crippen molar-refractivity contribution >= 4 is 17.5 Å². The highest BCUT2D eigenvalue weighted by Crippen LogP contribution is 2.31. The van der Waals surface area contributed by atoms with Crippen LogP contribution in [-0.2, 0) is 11.2 Å². The number of amides is 2. The molecule has 5 heteroatoms. The highest BCUT2D eigenvalue weighted by Gasteiger charge is 2.21. The highest BCUT2D eigenvalue weighted by atomic mass is 16.5. The van der Waals surface area contributed by atoms with Gasteiger partial charge in [0.15, 0.2) is 6.61 Å². The van der Waals surface area contributed by atoms with Crippen molar-refractivity contribution in [3.8, 4) is 5.75 Å². The first-order chi connectivity index (χ1) is 12.2. The van der Waals surface area contributed by atoms with Gasteiger partial charge in [0.1, 0.15) is 5.75 Å². The molecule has 2 amide bonds. The Morgan fingerprint density at radius 2 is 2.12 bits per heavy atom. The van der Waals surface area contributed by atoms with E-state index in [1.807, 2.05) is 0 Å².